The van der Waals surface area contributed by atoms with Crippen molar-refractivity contribution in [3.63, 3.8) is 0 Å². The molecule has 0 saturated carbocycles. The van der Waals surface area contributed by atoms with Gasteiger partial charge >= 0.3 is 0 Å². The van der Waals surface area contributed by atoms with E-state index in [1.807, 2.05) is 0 Å². The Balaban J connectivity index is 2.11. The van der Waals surface area contributed by atoms with Crippen LogP contribution < -0.4 is 0 Å². The molecule has 0 aliphatic carbocycles. The summed E-state index contributed by atoms with van der Waals surface area (Å²) >= 11 is 0. The fraction of sp³-hybridized carbons (Fsp3) is 0.562. The van der Waals surface area contributed by atoms with Crippen molar-refractivity contribution in [2.24, 2.45) is 5.92 Å². The normalized spacial score (nSPS) is 19.3. The zero-order valence-corrected chi connectivity index (χ0v) is 13.0. The Labute approximate surface area is 130 Å². The highest BCUT2D eigenvalue weighted by molar-refractivity contribution is 5.95. The van der Waals surface area contributed by atoms with Gasteiger partial charge in [0, 0.05) is 20.1 Å². The molecule has 1 aromatic heterocycles. The second-order valence-electron chi connectivity index (χ2n) is 5.74. The molecule has 2 atom stereocenters. The van der Waals surface area contributed by atoms with Crippen molar-refractivity contribution in [3.05, 3.63) is 24.2 Å². The molecule has 0 radical (unpaired) electrons. The number of hydrogen-bond acceptors (Lipinski definition) is 4. The van der Waals surface area contributed by atoms with Crippen molar-refractivity contribution in [3.8, 4) is 6.07 Å². The number of likely N-dealkylation sites (N-methyl/N-ethyl adjacent to an activating group) is 1. The molecule has 2 heterocycles. The topological polar surface area (TPSA) is 77.5 Å². The lowest BCUT2D eigenvalue weighted by Gasteiger charge is -2.36. The fourth-order valence-corrected chi connectivity index (χ4v) is 2.77. The number of amides is 2. The number of hydrogen-bond donors (Lipinski definition) is 0. The van der Waals surface area contributed by atoms with Crippen LogP contribution in [0.5, 0.6) is 0 Å². The van der Waals surface area contributed by atoms with E-state index < -0.39 is 6.04 Å². The molecule has 2 amide bonds. The second-order valence-corrected chi connectivity index (χ2v) is 5.74. The van der Waals surface area contributed by atoms with Gasteiger partial charge in [-0.25, -0.2) is 0 Å². The highest BCUT2D eigenvalue weighted by Crippen LogP contribution is 2.21. The molecule has 0 aromatic carbocycles. The van der Waals surface area contributed by atoms with Crippen molar-refractivity contribution in [2.45, 2.75) is 32.2 Å². The van der Waals surface area contributed by atoms with Gasteiger partial charge in [-0.15, -0.1) is 0 Å². The number of carbonyl (C=O) groups is 2. The molecular formula is C16H21N3O3. The standard InChI is InChI=1S/C16H21N3O3/c1-12(10-17)11-18(2)15(20)13-6-3-4-8-19(13)16(21)14-7-5-9-22-14/h5,7,9,12-13H,3-4,6,8,11H2,1-2H3. The largest absolute Gasteiger partial charge is 0.459 e. The highest BCUT2D eigenvalue weighted by atomic mass is 16.3. The van der Waals surface area contributed by atoms with Crippen LogP contribution in [-0.2, 0) is 4.79 Å². The Bertz CT molecular complexity index is 562. The summed E-state index contributed by atoms with van der Waals surface area (Å²) in [6.07, 6.45) is 3.90. The van der Waals surface area contributed by atoms with E-state index in [-0.39, 0.29) is 23.5 Å². The van der Waals surface area contributed by atoms with Gasteiger partial charge in [-0.3, -0.25) is 9.59 Å². The van der Waals surface area contributed by atoms with Gasteiger partial charge in [0.15, 0.2) is 5.76 Å². The number of furan rings is 1. The van der Waals surface area contributed by atoms with Crippen molar-refractivity contribution >= 4 is 11.8 Å². The summed E-state index contributed by atoms with van der Waals surface area (Å²) in [5.74, 6) is -0.328. The lowest BCUT2D eigenvalue weighted by atomic mass is 10.00. The maximum atomic E-state index is 12.6. The molecule has 22 heavy (non-hydrogen) atoms. The van der Waals surface area contributed by atoms with E-state index in [0.29, 0.717) is 19.5 Å². The quantitative estimate of drug-likeness (QED) is 0.851. The third-order valence-electron chi connectivity index (χ3n) is 3.93. The van der Waals surface area contributed by atoms with Gasteiger partial charge in [-0.2, -0.15) is 5.26 Å². The predicted octanol–water partition coefficient (Wildman–Crippen LogP) is 1.89. The molecule has 1 aromatic rings. The number of rotatable bonds is 4. The molecule has 2 rings (SSSR count). The van der Waals surface area contributed by atoms with Crippen LogP contribution in [-0.4, -0.2) is 47.8 Å². The van der Waals surface area contributed by atoms with Crippen molar-refractivity contribution in [1.82, 2.24) is 9.80 Å². The molecule has 1 aliphatic heterocycles. The molecule has 1 saturated heterocycles. The molecule has 2 unspecified atom stereocenters. The maximum absolute atomic E-state index is 12.6. The first-order valence-corrected chi connectivity index (χ1v) is 7.53. The molecule has 6 nitrogen and oxygen atoms in total. The number of piperidine rings is 1. The minimum absolute atomic E-state index is 0.110. The van der Waals surface area contributed by atoms with Crippen LogP contribution in [0.2, 0.25) is 0 Å². The molecule has 1 aliphatic rings. The number of nitrogens with zero attached hydrogens (tertiary/aromatic N) is 3. The molecular weight excluding hydrogens is 282 g/mol. The summed E-state index contributed by atoms with van der Waals surface area (Å²) in [6.45, 7) is 2.70. The minimum Gasteiger partial charge on any atom is -0.459 e. The number of carbonyl (C=O) groups excluding carboxylic acids is 2. The van der Waals surface area contributed by atoms with Crippen LogP contribution in [0.15, 0.2) is 22.8 Å². The van der Waals surface area contributed by atoms with Gasteiger partial charge < -0.3 is 14.2 Å². The van der Waals surface area contributed by atoms with Crippen LogP contribution in [0.1, 0.15) is 36.7 Å². The number of nitriles is 1. The first-order chi connectivity index (χ1) is 10.5. The second kappa shape index (κ2) is 7.12. The van der Waals surface area contributed by atoms with E-state index in [0.717, 1.165) is 12.8 Å². The molecule has 1 fully saturated rings. The summed E-state index contributed by atoms with van der Waals surface area (Å²) in [6, 6.07) is 4.92. The summed E-state index contributed by atoms with van der Waals surface area (Å²) < 4.78 is 5.16. The zero-order valence-electron chi connectivity index (χ0n) is 13.0. The molecule has 0 spiro atoms. The Morgan fingerprint density at radius 3 is 2.95 bits per heavy atom. The number of likely N-dealkylation sites (tertiary alicyclic amines) is 1. The predicted molar refractivity (Wildman–Crippen MR) is 79.8 cm³/mol. The third-order valence-corrected chi connectivity index (χ3v) is 3.93. The van der Waals surface area contributed by atoms with Gasteiger partial charge in [0.2, 0.25) is 5.91 Å². The third kappa shape index (κ3) is 3.48. The average molecular weight is 303 g/mol. The smallest absolute Gasteiger partial charge is 0.290 e. The van der Waals surface area contributed by atoms with E-state index in [9.17, 15) is 9.59 Å². The Morgan fingerprint density at radius 2 is 2.32 bits per heavy atom. The first-order valence-electron chi connectivity index (χ1n) is 7.53. The SMILES string of the molecule is CC(C#N)CN(C)C(=O)C1CCCCN1C(=O)c1ccco1. The Hall–Kier alpha value is -2.29. The molecule has 0 bridgehead atoms. The van der Waals surface area contributed by atoms with Crippen molar-refractivity contribution < 1.29 is 14.0 Å². The van der Waals surface area contributed by atoms with E-state index >= 15 is 0 Å². The summed E-state index contributed by atoms with van der Waals surface area (Å²) in [5.41, 5.74) is 0. The zero-order chi connectivity index (χ0) is 16.1. The van der Waals surface area contributed by atoms with Crippen LogP contribution in [0, 0.1) is 17.2 Å². The van der Waals surface area contributed by atoms with Crippen LogP contribution in [0.3, 0.4) is 0 Å². The van der Waals surface area contributed by atoms with E-state index in [1.165, 1.54) is 6.26 Å². The summed E-state index contributed by atoms with van der Waals surface area (Å²) in [7, 11) is 1.68. The van der Waals surface area contributed by atoms with Crippen LogP contribution in [0.4, 0.5) is 0 Å². The fourth-order valence-electron chi connectivity index (χ4n) is 2.77. The van der Waals surface area contributed by atoms with Crippen molar-refractivity contribution in [2.75, 3.05) is 20.1 Å². The van der Waals surface area contributed by atoms with Gasteiger partial charge in [0.25, 0.3) is 5.91 Å². The van der Waals surface area contributed by atoms with E-state index in [2.05, 4.69) is 6.07 Å². The van der Waals surface area contributed by atoms with Crippen molar-refractivity contribution in [1.29, 1.82) is 5.26 Å². The lowest BCUT2D eigenvalue weighted by Crippen LogP contribution is -2.52. The average Bonchev–Trinajstić information content (AvgIpc) is 3.07. The lowest BCUT2D eigenvalue weighted by molar-refractivity contribution is -0.136. The van der Waals surface area contributed by atoms with Gasteiger partial charge in [-0.1, -0.05) is 0 Å². The molecule has 6 heteroatoms. The minimum atomic E-state index is -0.470. The highest BCUT2D eigenvalue weighted by Gasteiger charge is 2.35. The Morgan fingerprint density at radius 1 is 1.55 bits per heavy atom. The van der Waals surface area contributed by atoms with Gasteiger partial charge in [0.1, 0.15) is 6.04 Å². The first kappa shape index (κ1) is 16.1. The van der Waals surface area contributed by atoms with Crippen LogP contribution in [0.25, 0.3) is 0 Å². The summed E-state index contributed by atoms with van der Waals surface area (Å²) in [4.78, 5) is 28.3. The molecule has 118 valence electrons. The maximum Gasteiger partial charge on any atom is 0.290 e. The van der Waals surface area contributed by atoms with Gasteiger partial charge in [-0.05, 0) is 38.3 Å². The monoisotopic (exact) mass is 303 g/mol. The Kier molecular flexibility index (Phi) is 5.21. The molecule has 0 N–H and O–H groups in total. The van der Waals surface area contributed by atoms with Gasteiger partial charge in [0.05, 0.1) is 18.3 Å². The van der Waals surface area contributed by atoms with E-state index in [4.69, 9.17) is 9.68 Å². The van der Waals surface area contributed by atoms with E-state index in [1.54, 1.807) is 35.9 Å². The summed E-state index contributed by atoms with van der Waals surface area (Å²) in [5, 5.41) is 8.88. The van der Waals surface area contributed by atoms with Crippen LogP contribution >= 0.6 is 0 Å².